The number of benzene rings is 1. The number of carbonyl (C=O) groups is 2. The largest absolute Gasteiger partial charge is 0.493 e. The summed E-state index contributed by atoms with van der Waals surface area (Å²) < 4.78 is 15.6. The van der Waals surface area contributed by atoms with Crippen LogP contribution in [0.15, 0.2) is 30.5 Å². The van der Waals surface area contributed by atoms with E-state index in [4.69, 9.17) is 19.9 Å². The molecule has 1 aliphatic rings. The molecule has 1 saturated heterocycles. The summed E-state index contributed by atoms with van der Waals surface area (Å²) in [6, 6.07) is 5.76. The van der Waals surface area contributed by atoms with Gasteiger partial charge in [0.2, 0.25) is 5.91 Å². The third-order valence-corrected chi connectivity index (χ3v) is 5.42. The number of amides is 2. The lowest BCUT2D eigenvalue weighted by atomic mass is 9.97. The summed E-state index contributed by atoms with van der Waals surface area (Å²) in [5, 5.41) is 14.2. The fraction of sp³-hybridized carbons (Fsp3) is 0.409. The minimum Gasteiger partial charge on any atom is -0.493 e. The van der Waals surface area contributed by atoms with E-state index in [0.717, 1.165) is 25.5 Å². The molecule has 3 N–H and O–H groups in total. The van der Waals surface area contributed by atoms with Gasteiger partial charge < -0.3 is 30.2 Å². The molecule has 1 atom stereocenters. The van der Waals surface area contributed by atoms with Crippen molar-refractivity contribution in [3.63, 3.8) is 0 Å². The van der Waals surface area contributed by atoms with Gasteiger partial charge in [0, 0.05) is 26.3 Å². The van der Waals surface area contributed by atoms with Crippen LogP contribution in [-0.4, -0.2) is 62.2 Å². The highest BCUT2D eigenvalue weighted by atomic mass is 16.6. The van der Waals surface area contributed by atoms with Crippen molar-refractivity contribution >= 4 is 29.0 Å². The number of methoxy groups -OCH3 is 2. The second-order valence-electron chi connectivity index (χ2n) is 7.67. The zero-order valence-electron chi connectivity index (χ0n) is 19.0. The Hall–Kier alpha value is -3.93. The van der Waals surface area contributed by atoms with Crippen LogP contribution in [0.2, 0.25) is 0 Å². The van der Waals surface area contributed by atoms with Crippen molar-refractivity contribution in [2.45, 2.75) is 12.8 Å². The number of hydrogen-bond acceptors (Lipinski definition) is 9. The number of nitrogens with one attached hydrogen (secondary N) is 1. The fourth-order valence-corrected chi connectivity index (χ4v) is 3.65. The van der Waals surface area contributed by atoms with Gasteiger partial charge in [-0.1, -0.05) is 0 Å². The summed E-state index contributed by atoms with van der Waals surface area (Å²) in [5.41, 5.74) is 5.17. The standard InChI is InChI=1S/C22H27N5O7/c1-32-8-9-34-19-11-17(27(30)31)16(10-18(19)33-2)22(29)25-15-5-6-20(24-12-15)26-7-3-4-14(13-26)21(23)28/h5-6,10-12,14H,3-4,7-9,13H2,1-2H3,(H2,23,28)(H,25,29). The first-order valence-corrected chi connectivity index (χ1v) is 10.6. The van der Waals surface area contributed by atoms with Crippen LogP contribution in [-0.2, 0) is 9.53 Å². The molecule has 2 heterocycles. The number of ether oxygens (including phenoxy) is 3. The number of nitro benzene ring substituents is 1. The number of primary amides is 1. The Labute approximate surface area is 196 Å². The molecule has 12 heteroatoms. The van der Waals surface area contributed by atoms with E-state index >= 15 is 0 Å². The smallest absolute Gasteiger partial charge is 0.286 e. The molecule has 1 aliphatic heterocycles. The third kappa shape index (κ3) is 5.90. The van der Waals surface area contributed by atoms with E-state index in [1.165, 1.54) is 26.5 Å². The van der Waals surface area contributed by atoms with Crippen LogP contribution in [0.25, 0.3) is 0 Å². The molecule has 34 heavy (non-hydrogen) atoms. The molecule has 182 valence electrons. The molecule has 3 rings (SSSR count). The van der Waals surface area contributed by atoms with Gasteiger partial charge in [-0.15, -0.1) is 0 Å². The van der Waals surface area contributed by atoms with E-state index in [1.807, 2.05) is 4.90 Å². The molecule has 0 bridgehead atoms. The summed E-state index contributed by atoms with van der Waals surface area (Å²) in [6.45, 7) is 1.67. The number of pyridine rings is 1. The first kappa shape index (κ1) is 24.7. The maximum Gasteiger partial charge on any atom is 0.286 e. The van der Waals surface area contributed by atoms with Gasteiger partial charge in [0.15, 0.2) is 11.5 Å². The molecule has 1 aromatic heterocycles. The molecule has 2 amide bonds. The van der Waals surface area contributed by atoms with Crippen LogP contribution in [0.5, 0.6) is 11.5 Å². The van der Waals surface area contributed by atoms with Gasteiger partial charge in [-0.3, -0.25) is 19.7 Å². The molecule has 1 aromatic carbocycles. The minimum atomic E-state index is -0.699. The molecular weight excluding hydrogens is 446 g/mol. The van der Waals surface area contributed by atoms with Crippen molar-refractivity contribution in [2.24, 2.45) is 11.7 Å². The van der Waals surface area contributed by atoms with Gasteiger partial charge in [-0.05, 0) is 25.0 Å². The summed E-state index contributed by atoms with van der Waals surface area (Å²) in [4.78, 5) is 41.6. The van der Waals surface area contributed by atoms with Gasteiger partial charge in [-0.2, -0.15) is 0 Å². The van der Waals surface area contributed by atoms with Gasteiger partial charge >= 0.3 is 0 Å². The minimum absolute atomic E-state index is 0.129. The van der Waals surface area contributed by atoms with E-state index in [9.17, 15) is 19.7 Å². The summed E-state index contributed by atoms with van der Waals surface area (Å²) >= 11 is 0. The number of nitrogens with zero attached hydrogens (tertiary/aromatic N) is 3. The Morgan fingerprint density at radius 1 is 1.26 bits per heavy atom. The third-order valence-electron chi connectivity index (χ3n) is 5.42. The zero-order chi connectivity index (χ0) is 24.7. The molecule has 12 nitrogen and oxygen atoms in total. The van der Waals surface area contributed by atoms with Gasteiger partial charge in [0.25, 0.3) is 11.6 Å². The van der Waals surface area contributed by atoms with Crippen molar-refractivity contribution < 1.29 is 28.7 Å². The SMILES string of the molecule is COCCOc1cc([N+](=O)[O-])c(C(=O)Nc2ccc(N3CCCC(C(N)=O)C3)nc2)cc1OC. The Bertz CT molecular complexity index is 1040. The highest BCUT2D eigenvalue weighted by Crippen LogP contribution is 2.35. The lowest BCUT2D eigenvalue weighted by Crippen LogP contribution is -2.41. The van der Waals surface area contributed by atoms with Crippen molar-refractivity contribution in [1.82, 2.24) is 4.98 Å². The number of rotatable bonds is 10. The summed E-state index contributed by atoms with van der Waals surface area (Å²) in [6.07, 6.45) is 3.02. The van der Waals surface area contributed by atoms with Crippen molar-refractivity contribution in [1.29, 1.82) is 0 Å². The number of nitrogens with two attached hydrogens (primary N) is 1. The molecule has 0 saturated carbocycles. The fourth-order valence-electron chi connectivity index (χ4n) is 3.65. The highest BCUT2D eigenvalue weighted by Gasteiger charge is 2.26. The number of carbonyl (C=O) groups excluding carboxylic acids is 2. The maximum absolute atomic E-state index is 12.9. The van der Waals surface area contributed by atoms with Crippen molar-refractivity contribution in [2.75, 3.05) is 50.7 Å². The van der Waals surface area contributed by atoms with Crippen LogP contribution in [0.3, 0.4) is 0 Å². The Morgan fingerprint density at radius 3 is 2.68 bits per heavy atom. The Balaban J connectivity index is 1.76. The Kier molecular flexibility index (Phi) is 8.19. The van der Waals surface area contributed by atoms with Crippen molar-refractivity contribution in [3.8, 4) is 11.5 Å². The first-order chi connectivity index (χ1) is 16.3. The maximum atomic E-state index is 12.9. The van der Waals surface area contributed by atoms with E-state index < -0.39 is 16.5 Å². The zero-order valence-corrected chi connectivity index (χ0v) is 19.0. The molecular formula is C22H27N5O7. The Morgan fingerprint density at radius 2 is 2.06 bits per heavy atom. The lowest BCUT2D eigenvalue weighted by molar-refractivity contribution is -0.385. The molecule has 2 aromatic rings. The van der Waals surface area contributed by atoms with Crippen LogP contribution < -0.4 is 25.4 Å². The predicted octanol–water partition coefficient (Wildman–Crippen LogP) is 1.98. The van der Waals surface area contributed by atoms with Crippen molar-refractivity contribution in [3.05, 3.63) is 46.1 Å². The van der Waals surface area contributed by atoms with E-state index in [-0.39, 0.29) is 42.1 Å². The number of hydrogen-bond donors (Lipinski definition) is 2. The topological polar surface area (TPSA) is 159 Å². The van der Waals surface area contributed by atoms with Crippen LogP contribution in [0, 0.1) is 16.0 Å². The van der Waals surface area contributed by atoms with Gasteiger partial charge in [-0.25, -0.2) is 4.98 Å². The molecule has 1 fully saturated rings. The van der Waals surface area contributed by atoms with E-state index in [0.29, 0.717) is 18.1 Å². The first-order valence-electron chi connectivity index (χ1n) is 10.6. The molecule has 0 spiro atoms. The molecule has 0 aliphatic carbocycles. The highest BCUT2D eigenvalue weighted by molar-refractivity contribution is 6.07. The van der Waals surface area contributed by atoms with E-state index in [2.05, 4.69) is 10.3 Å². The summed E-state index contributed by atoms with van der Waals surface area (Å²) in [7, 11) is 2.88. The second-order valence-corrected chi connectivity index (χ2v) is 7.67. The lowest BCUT2D eigenvalue weighted by Gasteiger charge is -2.32. The number of piperidine rings is 1. The van der Waals surface area contributed by atoms with E-state index in [1.54, 1.807) is 12.1 Å². The van der Waals surface area contributed by atoms with Gasteiger partial charge in [0.1, 0.15) is 18.0 Å². The quantitative estimate of drug-likeness (QED) is 0.299. The number of anilines is 2. The molecule has 1 unspecified atom stereocenters. The molecule has 0 radical (unpaired) electrons. The average molecular weight is 473 g/mol. The number of nitro groups is 1. The number of aromatic nitrogens is 1. The average Bonchev–Trinajstić information content (AvgIpc) is 2.84. The van der Waals surface area contributed by atoms with Crippen LogP contribution in [0.1, 0.15) is 23.2 Å². The van der Waals surface area contributed by atoms with Crippen LogP contribution in [0.4, 0.5) is 17.2 Å². The second kappa shape index (κ2) is 11.3. The monoisotopic (exact) mass is 473 g/mol. The van der Waals surface area contributed by atoms with Crippen LogP contribution >= 0.6 is 0 Å². The summed E-state index contributed by atoms with van der Waals surface area (Å²) in [5.74, 6) is -0.310. The predicted molar refractivity (Wildman–Crippen MR) is 123 cm³/mol. The normalized spacial score (nSPS) is 15.5. The van der Waals surface area contributed by atoms with Gasteiger partial charge in [0.05, 0.1) is 42.5 Å².